The van der Waals surface area contributed by atoms with Crippen molar-refractivity contribution in [2.75, 3.05) is 47.5 Å². The molecule has 0 saturated heterocycles. The average molecular weight is 795 g/mol. The Morgan fingerprint density at radius 2 is 1.25 bits per heavy atom. The molecule has 0 aromatic heterocycles. The summed E-state index contributed by atoms with van der Waals surface area (Å²) < 4.78 is 34.1. The third kappa shape index (κ3) is 39.4. The van der Waals surface area contributed by atoms with Crippen molar-refractivity contribution in [1.29, 1.82) is 0 Å². The smallest absolute Gasteiger partial charge is 0.462 e. The van der Waals surface area contributed by atoms with E-state index in [1.165, 1.54) is 51.4 Å². The highest BCUT2D eigenvalue weighted by Crippen LogP contribution is 2.43. The van der Waals surface area contributed by atoms with Crippen LogP contribution in [0.3, 0.4) is 0 Å². The molecule has 0 aliphatic heterocycles. The summed E-state index contributed by atoms with van der Waals surface area (Å²) in [6.07, 6.45) is 40.1. The van der Waals surface area contributed by atoms with E-state index >= 15 is 0 Å². The van der Waals surface area contributed by atoms with E-state index in [1.807, 2.05) is 63.7 Å². The number of ether oxygens (including phenoxy) is 2. The van der Waals surface area contributed by atoms with E-state index in [2.05, 4.69) is 38.2 Å². The van der Waals surface area contributed by atoms with E-state index in [9.17, 15) is 24.2 Å². The summed E-state index contributed by atoms with van der Waals surface area (Å²) in [5, 5.41) is 9.84. The summed E-state index contributed by atoms with van der Waals surface area (Å²) in [7, 11) is 1.40. The number of quaternary nitrogens is 1. The van der Waals surface area contributed by atoms with Crippen LogP contribution < -0.4 is 0 Å². The number of unbranched alkanes of at least 4 members (excludes halogenated alkanes) is 10. The molecule has 0 aromatic rings. The number of carbonyl (C=O) groups is 2. The molecule has 0 rings (SSSR count). The number of aliphatic hydroxyl groups is 1. The topological polar surface area (TPSA) is 129 Å². The van der Waals surface area contributed by atoms with E-state index in [-0.39, 0.29) is 26.1 Å². The van der Waals surface area contributed by atoms with Gasteiger partial charge in [0.1, 0.15) is 19.8 Å². The molecule has 3 unspecified atom stereocenters. The van der Waals surface area contributed by atoms with Crippen molar-refractivity contribution < 1.29 is 47.2 Å². The number of esters is 2. The minimum Gasteiger partial charge on any atom is -0.462 e. The predicted octanol–water partition coefficient (Wildman–Crippen LogP) is 10.4. The molecular weight excluding hydrogens is 717 g/mol. The molecule has 0 amide bonds. The first-order chi connectivity index (χ1) is 26.4. The lowest BCUT2D eigenvalue weighted by Crippen LogP contribution is -2.37. The Labute approximate surface area is 334 Å². The lowest BCUT2D eigenvalue weighted by Gasteiger charge is -2.24. The molecule has 3 atom stereocenters. The number of likely N-dealkylation sites (N-methyl/N-ethyl adjacent to an activating group) is 1. The van der Waals surface area contributed by atoms with Crippen molar-refractivity contribution in [1.82, 2.24) is 0 Å². The van der Waals surface area contributed by atoms with E-state index in [1.54, 1.807) is 6.08 Å². The van der Waals surface area contributed by atoms with Gasteiger partial charge in [-0.3, -0.25) is 18.6 Å². The highest BCUT2D eigenvalue weighted by atomic mass is 31.2. The van der Waals surface area contributed by atoms with E-state index < -0.39 is 38.6 Å². The summed E-state index contributed by atoms with van der Waals surface area (Å²) in [5.74, 6) is -0.925. The van der Waals surface area contributed by atoms with Gasteiger partial charge in [0.2, 0.25) is 0 Å². The number of nitrogens with zero attached hydrogens (tertiary/aromatic N) is 1. The molecule has 0 bridgehead atoms. The van der Waals surface area contributed by atoms with E-state index in [0.717, 1.165) is 44.9 Å². The zero-order valence-electron chi connectivity index (χ0n) is 35.0. The van der Waals surface area contributed by atoms with Crippen molar-refractivity contribution in [3.63, 3.8) is 0 Å². The largest absolute Gasteiger partial charge is 0.472 e. The molecule has 55 heavy (non-hydrogen) atoms. The molecule has 0 saturated carbocycles. The number of aliphatic hydroxyl groups excluding tert-OH is 1. The molecule has 10 nitrogen and oxygen atoms in total. The van der Waals surface area contributed by atoms with Crippen LogP contribution in [-0.4, -0.2) is 86.1 Å². The zero-order chi connectivity index (χ0) is 40.9. The highest BCUT2D eigenvalue weighted by Gasteiger charge is 2.27. The van der Waals surface area contributed by atoms with Crippen LogP contribution in [0.15, 0.2) is 72.9 Å². The maximum Gasteiger partial charge on any atom is 0.472 e. The van der Waals surface area contributed by atoms with Gasteiger partial charge < -0.3 is 24.0 Å². The van der Waals surface area contributed by atoms with Crippen molar-refractivity contribution in [2.24, 2.45) is 0 Å². The van der Waals surface area contributed by atoms with Crippen LogP contribution in [0, 0.1) is 0 Å². The molecule has 0 aromatic carbocycles. The summed E-state index contributed by atoms with van der Waals surface area (Å²) in [6, 6.07) is 0. The van der Waals surface area contributed by atoms with Gasteiger partial charge in [-0.15, -0.1) is 0 Å². The van der Waals surface area contributed by atoms with E-state index in [4.69, 9.17) is 18.5 Å². The van der Waals surface area contributed by atoms with Gasteiger partial charge >= 0.3 is 19.8 Å². The SMILES string of the molecule is CC/C=C\CC(O)/C=C\C=C/C/C=C\C/C=C\C/C=C\CCC(=O)OC(COC(=O)CCCCCCCCCCCCC)COP(=O)(O)OCC[N+](C)(C)C. The quantitative estimate of drug-likeness (QED) is 0.0159. The molecule has 0 aliphatic rings. The van der Waals surface area contributed by atoms with Crippen molar-refractivity contribution >= 4 is 19.8 Å². The Balaban J connectivity index is 4.57. The first-order valence-electron chi connectivity index (χ1n) is 20.8. The number of phosphoric acid groups is 1. The van der Waals surface area contributed by atoms with Gasteiger partial charge in [0.25, 0.3) is 0 Å². The van der Waals surface area contributed by atoms with Crippen LogP contribution in [0.1, 0.15) is 136 Å². The van der Waals surface area contributed by atoms with Crippen molar-refractivity contribution in [2.45, 2.75) is 148 Å². The first-order valence-corrected chi connectivity index (χ1v) is 22.3. The van der Waals surface area contributed by atoms with Gasteiger partial charge in [0, 0.05) is 12.8 Å². The number of carbonyl (C=O) groups excluding carboxylic acids is 2. The van der Waals surface area contributed by atoms with Gasteiger partial charge in [-0.05, 0) is 44.9 Å². The number of hydrogen-bond acceptors (Lipinski definition) is 8. The Bertz CT molecular complexity index is 1190. The molecule has 316 valence electrons. The maximum absolute atomic E-state index is 12.6. The molecular formula is C44H77NO9P+. The van der Waals surface area contributed by atoms with Crippen molar-refractivity contribution in [3.8, 4) is 0 Å². The summed E-state index contributed by atoms with van der Waals surface area (Å²) in [6.45, 7) is 4.08. The Hall–Kier alpha value is -2.59. The predicted molar refractivity (Wildman–Crippen MR) is 225 cm³/mol. The minimum absolute atomic E-state index is 0.00843. The summed E-state index contributed by atoms with van der Waals surface area (Å²) >= 11 is 0. The van der Waals surface area contributed by atoms with Crippen LogP contribution in [-0.2, 0) is 32.7 Å². The van der Waals surface area contributed by atoms with Gasteiger partial charge in [-0.2, -0.15) is 0 Å². The third-order valence-electron chi connectivity index (χ3n) is 8.34. The normalized spacial score (nSPS) is 15.0. The van der Waals surface area contributed by atoms with Gasteiger partial charge in [-0.25, -0.2) is 4.57 Å². The van der Waals surface area contributed by atoms with Gasteiger partial charge in [0.05, 0.1) is 33.9 Å². The molecule has 0 radical (unpaired) electrons. The minimum atomic E-state index is -4.40. The van der Waals surface area contributed by atoms with E-state index in [0.29, 0.717) is 23.9 Å². The van der Waals surface area contributed by atoms with Gasteiger partial charge in [0.15, 0.2) is 6.10 Å². The molecule has 2 N–H and O–H groups in total. The van der Waals surface area contributed by atoms with Crippen molar-refractivity contribution in [3.05, 3.63) is 72.9 Å². The second kappa shape index (κ2) is 35.8. The highest BCUT2D eigenvalue weighted by molar-refractivity contribution is 7.47. The maximum atomic E-state index is 12.6. The van der Waals surface area contributed by atoms with Gasteiger partial charge in [-0.1, -0.05) is 151 Å². The Morgan fingerprint density at radius 3 is 1.85 bits per heavy atom. The second-order valence-corrected chi connectivity index (χ2v) is 16.3. The Kier molecular flexibility index (Phi) is 34.1. The lowest BCUT2D eigenvalue weighted by molar-refractivity contribution is -0.870. The summed E-state index contributed by atoms with van der Waals surface area (Å²) in [5.41, 5.74) is 0. The van der Waals surface area contributed by atoms with Crippen LogP contribution in [0.2, 0.25) is 0 Å². The molecule has 0 aliphatic carbocycles. The number of hydrogen-bond donors (Lipinski definition) is 2. The fourth-order valence-electron chi connectivity index (χ4n) is 5.06. The standard InChI is InChI=1S/C44H76NO9P/c1-6-8-10-11-12-13-17-21-24-27-31-35-43(47)51-39-42(40-53-55(49,50)52-38-37-45(3,4)5)54-44(48)36-32-28-25-22-19-16-14-15-18-20-23-26-30-34-41(46)33-29-9-7-2/h9,15-16,18-19,23,25-26,28-30,34,41-42,46H,6-8,10-14,17,20-22,24,27,31-33,35-40H2,1-5H3/p+1/b18-15-,19-16-,26-23-,28-25-,29-9-,34-30-. The lowest BCUT2D eigenvalue weighted by atomic mass is 10.1. The fraction of sp³-hybridized carbons (Fsp3) is 0.682. The first kappa shape index (κ1) is 52.4. The van der Waals surface area contributed by atoms with Crippen LogP contribution >= 0.6 is 7.82 Å². The molecule has 11 heteroatoms. The number of phosphoric ester groups is 1. The van der Waals surface area contributed by atoms with Crippen LogP contribution in [0.5, 0.6) is 0 Å². The zero-order valence-corrected chi connectivity index (χ0v) is 35.9. The monoisotopic (exact) mass is 795 g/mol. The Morgan fingerprint density at radius 1 is 0.673 bits per heavy atom. The molecule has 0 fully saturated rings. The van der Waals surface area contributed by atoms with Crippen LogP contribution in [0.25, 0.3) is 0 Å². The average Bonchev–Trinajstić information content (AvgIpc) is 3.12. The number of allylic oxidation sites excluding steroid dienone is 10. The second-order valence-electron chi connectivity index (χ2n) is 14.8. The molecule has 0 heterocycles. The number of rotatable bonds is 36. The summed E-state index contributed by atoms with van der Waals surface area (Å²) in [4.78, 5) is 35.2. The molecule has 0 spiro atoms. The van der Waals surface area contributed by atoms with Crippen LogP contribution in [0.4, 0.5) is 0 Å². The third-order valence-corrected chi connectivity index (χ3v) is 9.33. The fourth-order valence-corrected chi connectivity index (χ4v) is 5.81.